The number of aromatic nitrogens is 4. The first-order valence-corrected chi connectivity index (χ1v) is 14.2. The molecule has 0 saturated heterocycles. The lowest BCUT2D eigenvalue weighted by molar-refractivity contribution is 0.600. The number of aromatic amines is 2. The molecule has 0 amide bonds. The van der Waals surface area contributed by atoms with Crippen LogP contribution in [0.15, 0.2) is 21.7 Å². The lowest BCUT2D eigenvalue weighted by Crippen LogP contribution is -2.20. The molecule has 15 heteroatoms. The Morgan fingerprint density at radius 2 is 1.48 bits per heavy atom. The molecule has 0 aliphatic heterocycles. The predicted octanol–water partition coefficient (Wildman–Crippen LogP) is 6.70. The minimum absolute atomic E-state index is 0.199. The van der Waals surface area contributed by atoms with Crippen LogP contribution in [0.2, 0.25) is 10.4 Å². The Bertz CT molecular complexity index is 1320. The molecule has 2 N–H and O–H groups in total. The molecule has 4 aromatic heterocycles. The summed E-state index contributed by atoms with van der Waals surface area (Å²) in [6, 6.07) is 3.73. The van der Waals surface area contributed by atoms with Gasteiger partial charge in [-0.2, -0.15) is 0 Å². The molecule has 4 heterocycles. The number of hydrogen-bond acceptors (Lipinski definition) is 7. The summed E-state index contributed by atoms with van der Waals surface area (Å²) in [6.07, 6.45) is 0. The monoisotopic (exact) mass is 552 g/mol. The molecule has 7 nitrogen and oxygen atoms in total. The van der Waals surface area contributed by atoms with E-state index in [9.17, 15) is 14.2 Å². The van der Waals surface area contributed by atoms with Gasteiger partial charge in [-0.1, -0.05) is 11.6 Å². The third-order valence-corrected chi connectivity index (χ3v) is 5.61. The standard InChI is InChI=1S/C7H4Cl2N2S.C7H6N2O2S.Cl3OP/c1-3-2-4-5(12-3)6(8)11-7(9)10-4;1-3-2-4-5(12-3)6(10)9-7(11)8-4;1-5(2,3)4/h2H,1H3;2H,1H3,(H2,8,9,10,11);. The normalized spacial score (nSPS) is 11.0. The van der Waals surface area contributed by atoms with Gasteiger partial charge in [0.2, 0.25) is 5.28 Å². The van der Waals surface area contributed by atoms with Gasteiger partial charge in [-0.25, -0.2) is 14.8 Å². The summed E-state index contributed by atoms with van der Waals surface area (Å²) in [7, 11) is 0. The predicted molar refractivity (Wildman–Crippen MR) is 125 cm³/mol. The van der Waals surface area contributed by atoms with Crippen LogP contribution < -0.4 is 11.2 Å². The number of rotatable bonds is 0. The minimum atomic E-state index is -3.22. The average Bonchev–Trinajstić information content (AvgIpc) is 3.08. The number of hydrogen-bond donors (Lipinski definition) is 2. The largest absolute Gasteiger partial charge is 0.339 e. The molecule has 29 heavy (non-hydrogen) atoms. The molecule has 0 radical (unpaired) electrons. The van der Waals surface area contributed by atoms with Crippen molar-refractivity contribution in [2.75, 3.05) is 0 Å². The molecule has 4 aromatic rings. The van der Waals surface area contributed by atoms with E-state index in [1.807, 2.05) is 19.9 Å². The number of H-pyrrole nitrogens is 2. The van der Waals surface area contributed by atoms with Gasteiger partial charge in [0, 0.05) is 9.75 Å². The SMILES string of the molecule is Cc1cc2[nH]c(=O)[nH]c(=O)c2s1.Cc1cc2nc(Cl)nc(Cl)c2s1.O=P(Cl)(Cl)Cl. The van der Waals surface area contributed by atoms with E-state index in [0.717, 1.165) is 20.0 Å². The molecule has 0 unspecified atom stereocenters. The van der Waals surface area contributed by atoms with Crippen molar-refractivity contribution in [3.8, 4) is 0 Å². The number of nitrogens with one attached hydrogen (secondary N) is 2. The molecule has 0 bridgehead atoms. The zero-order valence-corrected chi connectivity index (χ0v) is 20.7. The Labute approximate surface area is 195 Å². The van der Waals surface area contributed by atoms with Crippen LogP contribution in [0.3, 0.4) is 0 Å². The Morgan fingerprint density at radius 1 is 0.931 bits per heavy atom. The first-order chi connectivity index (χ1) is 13.3. The van der Waals surface area contributed by atoms with Crippen molar-refractivity contribution in [3.05, 3.63) is 53.2 Å². The van der Waals surface area contributed by atoms with Gasteiger partial charge in [-0.3, -0.25) is 14.3 Å². The third kappa shape index (κ3) is 7.84. The highest BCUT2D eigenvalue weighted by atomic mass is 36.0. The molecule has 0 saturated carbocycles. The molecular weight excluding hydrogens is 545 g/mol. The first-order valence-electron chi connectivity index (χ1n) is 7.34. The van der Waals surface area contributed by atoms with Crippen molar-refractivity contribution in [2.45, 2.75) is 13.8 Å². The second kappa shape index (κ2) is 10.1. The Balaban J connectivity index is 0.000000170. The molecule has 156 valence electrons. The lowest BCUT2D eigenvalue weighted by atomic mass is 10.4. The third-order valence-electron chi connectivity index (χ3n) is 2.96. The number of fused-ring (bicyclic) bond motifs is 2. The second-order valence-corrected chi connectivity index (χ2v) is 15.1. The maximum atomic E-state index is 11.1. The van der Waals surface area contributed by atoms with Crippen LogP contribution in [0.1, 0.15) is 9.75 Å². The van der Waals surface area contributed by atoms with E-state index in [1.165, 1.54) is 11.3 Å². The zero-order valence-electron chi connectivity index (χ0n) is 14.4. The summed E-state index contributed by atoms with van der Waals surface area (Å²) in [6.45, 7) is 3.89. The summed E-state index contributed by atoms with van der Waals surface area (Å²) >= 11 is 28.3. The quantitative estimate of drug-likeness (QED) is 0.143. The highest BCUT2D eigenvalue weighted by molar-refractivity contribution is 8.24. The van der Waals surface area contributed by atoms with Gasteiger partial charge in [0.25, 0.3) is 5.56 Å². The topological polar surface area (TPSA) is 109 Å². The van der Waals surface area contributed by atoms with E-state index in [2.05, 4.69) is 53.7 Å². The summed E-state index contributed by atoms with van der Waals surface area (Å²) in [5.74, 6) is 0. The maximum Gasteiger partial charge on any atom is 0.339 e. The zero-order chi connectivity index (χ0) is 21.9. The van der Waals surface area contributed by atoms with E-state index in [0.29, 0.717) is 15.4 Å². The van der Waals surface area contributed by atoms with E-state index in [-0.39, 0.29) is 10.8 Å². The van der Waals surface area contributed by atoms with Crippen molar-refractivity contribution >= 4 is 105 Å². The van der Waals surface area contributed by atoms with Crippen molar-refractivity contribution in [2.24, 2.45) is 0 Å². The second-order valence-electron chi connectivity index (χ2n) is 5.26. The summed E-state index contributed by atoms with van der Waals surface area (Å²) in [5.41, 5.74) is 0.672. The fraction of sp³-hybridized carbons (Fsp3) is 0.143. The highest BCUT2D eigenvalue weighted by Crippen LogP contribution is 2.61. The van der Waals surface area contributed by atoms with Crippen molar-refractivity contribution in [1.29, 1.82) is 0 Å². The smallest absolute Gasteiger partial charge is 0.306 e. The Hall–Kier alpha value is -0.640. The molecule has 0 aromatic carbocycles. The van der Waals surface area contributed by atoms with Crippen LogP contribution in [0, 0.1) is 13.8 Å². The van der Waals surface area contributed by atoms with Gasteiger partial charge in [-0.15, -0.1) is 22.7 Å². The van der Waals surface area contributed by atoms with Crippen molar-refractivity contribution in [1.82, 2.24) is 19.9 Å². The lowest BCUT2D eigenvalue weighted by Gasteiger charge is -1.91. The fourth-order valence-corrected chi connectivity index (χ4v) is 4.28. The molecule has 0 spiro atoms. The Morgan fingerprint density at radius 3 is 2.10 bits per heavy atom. The van der Waals surface area contributed by atoms with Crippen LogP contribution in [-0.2, 0) is 4.57 Å². The van der Waals surface area contributed by atoms with Gasteiger partial charge in [0.1, 0.15) is 4.70 Å². The van der Waals surface area contributed by atoms with E-state index >= 15 is 0 Å². The number of nitrogens with zero attached hydrogens (tertiary/aromatic N) is 2. The molecule has 4 rings (SSSR count). The fourth-order valence-electron chi connectivity index (χ4n) is 2.08. The molecular formula is C14H10Cl5N4O3PS2. The number of halogens is 5. The van der Waals surface area contributed by atoms with Gasteiger partial charge in [0.05, 0.1) is 15.7 Å². The molecule has 0 aliphatic rings. The number of aryl methyl sites for hydroxylation is 2. The summed E-state index contributed by atoms with van der Waals surface area (Å²) in [4.78, 5) is 36.7. The van der Waals surface area contributed by atoms with Gasteiger partial charge >= 0.3 is 10.9 Å². The Kier molecular flexibility index (Phi) is 8.59. The van der Waals surface area contributed by atoms with E-state index in [4.69, 9.17) is 23.2 Å². The van der Waals surface area contributed by atoms with Crippen LogP contribution in [-0.4, -0.2) is 19.9 Å². The van der Waals surface area contributed by atoms with E-state index in [1.54, 1.807) is 17.4 Å². The van der Waals surface area contributed by atoms with Crippen LogP contribution >= 0.6 is 84.8 Å². The van der Waals surface area contributed by atoms with Crippen LogP contribution in [0.25, 0.3) is 20.4 Å². The molecule has 0 aliphatic carbocycles. The van der Waals surface area contributed by atoms with E-state index < -0.39 is 10.9 Å². The van der Waals surface area contributed by atoms with Crippen LogP contribution in [0.4, 0.5) is 0 Å². The molecule has 0 fully saturated rings. The summed E-state index contributed by atoms with van der Waals surface area (Å²) < 4.78 is 11.0. The van der Waals surface area contributed by atoms with Crippen molar-refractivity contribution < 1.29 is 4.57 Å². The molecule has 0 atom stereocenters. The van der Waals surface area contributed by atoms with Gasteiger partial charge < -0.3 is 4.98 Å². The average molecular weight is 555 g/mol. The number of thiophene rings is 2. The van der Waals surface area contributed by atoms with Crippen LogP contribution in [0.5, 0.6) is 0 Å². The van der Waals surface area contributed by atoms with Crippen molar-refractivity contribution in [3.63, 3.8) is 0 Å². The first kappa shape index (κ1) is 24.6. The maximum absolute atomic E-state index is 11.1. The van der Waals surface area contributed by atoms with Gasteiger partial charge in [-0.05, 0) is 71.3 Å². The summed E-state index contributed by atoms with van der Waals surface area (Å²) in [5, 5.41) is -2.59. The minimum Gasteiger partial charge on any atom is -0.306 e. The van der Waals surface area contributed by atoms with Gasteiger partial charge in [0.15, 0.2) is 5.15 Å². The highest BCUT2D eigenvalue weighted by Gasteiger charge is 2.07.